The largest absolute Gasteiger partial charge is 0.504 e. The Kier molecular flexibility index (Phi) is 6.55. The fourth-order valence-corrected chi connectivity index (χ4v) is 7.25. The van der Waals surface area contributed by atoms with E-state index in [0.29, 0.717) is 34.6 Å². The third-order valence-electron chi connectivity index (χ3n) is 8.83. The third-order valence-corrected chi connectivity index (χ3v) is 8.83. The summed E-state index contributed by atoms with van der Waals surface area (Å²) in [5, 5.41) is 22.1. The van der Waals surface area contributed by atoms with Crippen LogP contribution >= 0.6 is 0 Å². The smallest absolute Gasteiger partial charge is 0.308 e. The van der Waals surface area contributed by atoms with Crippen molar-refractivity contribution in [3.8, 4) is 34.8 Å². The monoisotopic (exact) mass is 577 g/mol. The molecule has 1 fully saturated rings. The molecular weight excluding hydrogens is 546 g/mol. The van der Waals surface area contributed by atoms with Gasteiger partial charge < -0.3 is 28.8 Å². The van der Waals surface area contributed by atoms with Gasteiger partial charge in [-0.25, -0.2) is 0 Å². The summed E-state index contributed by atoms with van der Waals surface area (Å²) in [5.74, 6) is -0.758. The number of hydrogen-bond acceptors (Lipinski definition) is 12. The predicted octanol–water partition coefficient (Wildman–Crippen LogP) is 2.65. The van der Waals surface area contributed by atoms with Crippen molar-refractivity contribution in [1.29, 1.82) is 5.26 Å². The number of nitrogens with zero attached hydrogens (tertiary/aromatic N) is 3. The van der Waals surface area contributed by atoms with Gasteiger partial charge in [0.1, 0.15) is 18.4 Å². The Balaban J connectivity index is 1.67. The SMILES string of the molecule is COc1c(C)cc2c(c1O)[C@@H]1[C@H]3C(=O)c4c(OC(C)=O)c(C)c5c(c4[C@H](COC(C)=O)N3[C@@H](C#N)[C@H](C2)N1C)OCO5. The van der Waals surface area contributed by atoms with Crippen LogP contribution in [0.25, 0.3) is 0 Å². The molecule has 1 saturated heterocycles. The van der Waals surface area contributed by atoms with Crippen LogP contribution in [0.4, 0.5) is 0 Å². The van der Waals surface area contributed by atoms with Crippen LogP contribution in [-0.4, -0.2) is 78.3 Å². The lowest BCUT2D eigenvalue weighted by atomic mass is 9.71. The molecule has 0 aromatic heterocycles. The normalized spacial score (nSPS) is 25.5. The number of phenolic OH excluding ortho intramolecular Hbond substituents is 1. The van der Waals surface area contributed by atoms with E-state index < -0.39 is 41.9 Å². The van der Waals surface area contributed by atoms with E-state index in [2.05, 4.69) is 6.07 Å². The summed E-state index contributed by atoms with van der Waals surface area (Å²) in [6, 6.07) is 0.573. The first-order valence-electron chi connectivity index (χ1n) is 13.6. The van der Waals surface area contributed by atoms with Crippen LogP contribution < -0.4 is 18.9 Å². The van der Waals surface area contributed by atoms with Crippen LogP contribution in [0.15, 0.2) is 6.07 Å². The molecule has 5 atom stereocenters. The van der Waals surface area contributed by atoms with Crippen molar-refractivity contribution in [1.82, 2.24) is 9.80 Å². The van der Waals surface area contributed by atoms with Crippen molar-refractivity contribution >= 4 is 17.7 Å². The molecule has 4 aliphatic heterocycles. The number of hydrogen-bond donors (Lipinski definition) is 1. The predicted molar refractivity (Wildman–Crippen MR) is 145 cm³/mol. The van der Waals surface area contributed by atoms with E-state index in [4.69, 9.17) is 23.7 Å². The molecule has 2 aromatic rings. The Labute approximate surface area is 242 Å². The molecule has 4 aliphatic rings. The maximum Gasteiger partial charge on any atom is 0.308 e. The maximum absolute atomic E-state index is 14.9. The lowest BCUT2D eigenvalue weighted by Gasteiger charge is -2.58. The van der Waals surface area contributed by atoms with Gasteiger partial charge in [0, 0.05) is 36.6 Å². The second kappa shape index (κ2) is 9.89. The number of carbonyl (C=O) groups excluding carboxylic acids is 3. The highest BCUT2D eigenvalue weighted by Gasteiger charge is 2.60. The van der Waals surface area contributed by atoms with Gasteiger partial charge in [0.05, 0.1) is 36.9 Å². The second-order valence-electron chi connectivity index (χ2n) is 11.1. The molecule has 2 aromatic carbocycles. The summed E-state index contributed by atoms with van der Waals surface area (Å²) in [6.45, 7) is 5.68. The van der Waals surface area contributed by atoms with Gasteiger partial charge in [0.2, 0.25) is 6.79 Å². The summed E-state index contributed by atoms with van der Waals surface area (Å²) in [6.07, 6.45) is 0.424. The van der Waals surface area contributed by atoms with E-state index in [1.54, 1.807) is 11.8 Å². The molecular formula is C30H31N3O9. The van der Waals surface area contributed by atoms with Crippen LogP contribution in [0.5, 0.6) is 28.7 Å². The summed E-state index contributed by atoms with van der Waals surface area (Å²) in [5.41, 5.74) is 2.91. The van der Waals surface area contributed by atoms with Gasteiger partial charge in [0.25, 0.3) is 0 Å². The molecule has 0 unspecified atom stereocenters. The highest BCUT2D eigenvalue weighted by molar-refractivity contribution is 6.08. The van der Waals surface area contributed by atoms with Gasteiger partial charge in [-0.1, -0.05) is 6.07 Å². The first kappa shape index (κ1) is 27.8. The number of fused-ring (bicyclic) bond motifs is 9. The molecule has 6 rings (SSSR count). The zero-order valence-corrected chi connectivity index (χ0v) is 24.1. The van der Waals surface area contributed by atoms with Gasteiger partial charge in [0.15, 0.2) is 28.8 Å². The van der Waals surface area contributed by atoms with E-state index in [1.165, 1.54) is 21.0 Å². The number of benzene rings is 2. The van der Waals surface area contributed by atoms with Crippen molar-refractivity contribution in [3.05, 3.63) is 39.4 Å². The fraction of sp³-hybridized carbons (Fsp3) is 0.467. The number of carbonyl (C=O) groups is 3. The van der Waals surface area contributed by atoms with Gasteiger partial charge in [-0.05, 0) is 38.4 Å². The number of Topliss-reactive ketones (excluding diaryl/α,β-unsaturated/α-hetero) is 1. The third kappa shape index (κ3) is 3.77. The minimum Gasteiger partial charge on any atom is -0.504 e. The molecule has 0 amide bonds. The lowest BCUT2D eigenvalue weighted by molar-refractivity contribution is -0.145. The van der Waals surface area contributed by atoms with E-state index in [9.17, 15) is 24.8 Å². The zero-order chi connectivity index (χ0) is 30.2. The van der Waals surface area contributed by atoms with Crippen LogP contribution in [0, 0.1) is 25.2 Å². The summed E-state index contributed by atoms with van der Waals surface area (Å²) in [4.78, 5) is 42.9. The number of ether oxygens (including phenoxy) is 5. The molecule has 1 N–H and O–H groups in total. The molecule has 0 saturated carbocycles. The minimum absolute atomic E-state index is 0.0271. The molecule has 0 spiro atoms. The Morgan fingerprint density at radius 3 is 2.48 bits per heavy atom. The average molecular weight is 578 g/mol. The van der Waals surface area contributed by atoms with E-state index in [-0.39, 0.29) is 42.3 Å². The quantitative estimate of drug-likeness (QED) is 0.421. The maximum atomic E-state index is 14.9. The average Bonchev–Trinajstić information content (AvgIpc) is 3.41. The molecule has 0 aliphatic carbocycles. The first-order chi connectivity index (χ1) is 20.0. The fourth-order valence-electron chi connectivity index (χ4n) is 7.25. The van der Waals surface area contributed by atoms with Crippen molar-refractivity contribution in [3.63, 3.8) is 0 Å². The zero-order valence-electron chi connectivity index (χ0n) is 24.1. The lowest BCUT2D eigenvalue weighted by Crippen LogP contribution is -2.70. The topological polar surface area (TPSA) is 148 Å². The molecule has 220 valence electrons. The van der Waals surface area contributed by atoms with Gasteiger partial charge >= 0.3 is 11.9 Å². The van der Waals surface area contributed by atoms with Crippen molar-refractivity contribution in [2.24, 2.45) is 0 Å². The molecule has 12 nitrogen and oxygen atoms in total. The highest BCUT2D eigenvalue weighted by atomic mass is 16.7. The van der Waals surface area contributed by atoms with Crippen molar-refractivity contribution in [2.45, 2.75) is 64.3 Å². The molecule has 2 bridgehead atoms. The standard InChI is InChI=1S/C30H31N3O9/c1-12-7-16-8-17-18(9-31)33-19(10-39-14(3)34)21-22(28(42-15(4)35)13(2)29-30(21)41-11-40-29)25(36)24(33)23(32(17)5)20(16)26(37)27(12)38-6/h7,17-19,23-24,37H,8,10-11H2,1-6H3/t17-,18-,19-,23+,24-/m0/s1. The van der Waals surface area contributed by atoms with Gasteiger partial charge in [-0.2, -0.15) is 5.26 Å². The number of piperazine rings is 1. The van der Waals surface area contributed by atoms with E-state index in [1.807, 2.05) is 24.9 Å². The number of likely N-dealkylation sites (N-methyl/N-ethyl adjacent to an activating group) is 1. The molecule has 0 radical (unpaired) electrons. The summed E-state index contributed by atoms with van der Waals surface area (Å²) < 4.78 is 28.3. The molecule has 12 heteroatoms. The number of rotatable bonds is 4. The summed E-state index contributed by atoms with van der Waals surface area (Å²) in [7, 11) is 3.30. The Bertz CT molecular complexity index is 1600. The number of phenols is 1. The van der Waals surface area contributed by atoms with E-state index in [0.717, 1.165) is 11.1 Å². The van der Waals surface area contributed by atoms with Crippen LogP contribution in [0.2, 0.25) is 0 Å². The van der Waals surface area contributed by atoms with E-state index >= 15 is 0 Å². The number of esters is 2. The van der Waals surface area contributed by atoms with Crippen LogP contribution in [0.1, 0.15) is 64.1 Å². The second-order valence-corrected chi connectivity index (χ2v) is 11.1. The highest BCUT2D eigenvalue weighted by Crippen LogP contribution is 2.58. The van der Waals surface area contributed by atoms with Crippen molar-refractivity contribution < 1.29 is 43.2 Å². The summed E-state index contributed by atoms with van der Waals surface area (Å²) >= 11 is 0. The Morgan fingerprint density at radius 2 is 1.83 bits per heavy atom. The van der Waals surface area contributed by atoms with Gasteiger partial charge in [-0.15, -0.1) is 0 Å². The van der Waals surface area contributed by atoms with Crippen LogP contribution in [0.3, 0.4) is 0 Å². The Hall–Kier alpha value is -4.34. The number of aryl methyl sites for hydroxylation is 1. The number of methoxy groups -OCH3 is 1. The molecule has 42 heavy (non-hydrogen) atoms. The minimum atomic E-state index is -1.03. The van der Waals surface area contributed by atoms with Gasteiger partial charge in [-0.3, -0.25) is 24.2 Å². The molecule has 4 heterocycles. The first-order valence-corrected chi connectivity index (χ1v) is 13.6. The number of ketones is 1. The number of aromatic hydroxyl groups is 1. The van der Waals surface area contributed by atoms with Crippen LogP contribution in [-0.2, 0) is 20.7 Å². The Morgan fingerprint density at radius 1 is 1.12 bits per heavy atom. The number of nitriles is 1. The van der Waals surface area contributed by atoms with Crippen molar-refractivity contribution in [2.75, 3.05) is 27.6 Å².